The van der Waals surface area contributed by atoms with Gasteiger partial charge in [-0.25, -0.2) is 0 Å². The van der Waals surface area contributed by atoms with Crippen molar-refractivity contribution in [1.82, 2.24) is 5.43 Å². The number of ether oxygens (including phenoxy) is 1. The summed E-state index contributed by atoms with van der Waals surface area (Å²) in [4.78, 5) is 0. The van der Waals surface area contributed by atoms with Gasteiger partial charge in [0.15, 0.2) is 0 Å². The fourth-order valence-electron chi connectivity index (χ4n) is 3.18. The van der Waals surface area contributed by atoms with E-state index in [0.717, 1.165) is 29.9 Å². The molecule has 5 atom stereocenters. The van der Waals surface area contributed by atoms with Crippen LogP contribution in [0.2, 0.25) is 0 Å². The second kappa shape index (κ2) is 6.41. The second-order valence-electron chi connectivity index (χ2n) is 5.70. The summed E-state index contributed by atoms with van der Waals surface area (Å²) in [6, 6.07) is 0.345. The molecule has 0 spiro atoms. The number of rotatable bonds is 3. The summed E-state index contributed by atoms with van der Waals surface area (Å²) >= 11 is 1.99. The van der Waals surface area contributed by atoms with E-state index in [4.69, 9.17) is 10.6 Å². The highest BCUT2D eigenvalue weighted by molar-refractivity contribution is 7.99. The Kier molecular flexibility index (Phi) is 5.15. The fraction of sp³-hybridized carbons (Fsp3) is 1.00. The van der Waals surface area contributed by atoms with Crippen molar-refractivity contribution in [2.75, 3.05) is 18.1 Å². The first-order chi connectivity index (χ1) is 8.22. The van der Waals surface area contributed by atoms with Crippen LogP contribution in [0, 0.1) is 17.8 Å². The molecule has 5 unspecified atom stereocenters. The Morgan fingerprint density at radius 2 is 2.12 bits per heavy atom. The van der Waals surface area contributed by atoms with Gasteiger partial charge in [0.1, 0.15) is 0 Å². The number of nitrogens with two attached hydrogens (primary N) is 1. The zero-order valence-corrected chi connectivity index (χ0v) is 11.8. The second-order valence-corrected chi connectivity index (χ2v) is 6.85. The van der Waals surface area contributed by atoms with Crippen LogP contribution >= 0.6 is 11.8 Å². The van der Waals surface area contributed by atoms with Gasteiger partial charge in [0.05, 0.1) is 18.8 Å². The molecule has 0 bridgehead atoms. The summed E-state index contributed by atoms with van der Waals surface area (Å²) in [6.45, 7) is 5.63. The van der Waals surface area contributed by atoms with Crippen molar-refractivity contribution in [2.45, 2.75) is 45.3 Å². The van der Waals surface area contributed by atoms with Gasteiger partial charge in [0, 0.05) is 11.5 Å². The van der Waals surface area contributed by atoms with Crippen LogP contribution in [0.4, 0.5) is 0 Å². The number of hydrogen-bond donors (Lipinski definition) is 2. The maximum absolute atomic E-state index is 5.88. The summed E-state index contributed by atoms with van der Waals surface area (Å²) in [5.74, 6) is 10.4. The lowest BCUT2D eigenvalue weighted by Crippen LogP contribution is -2.53. The van der Waals surface area contributed by atoms with Gasteiger partial charge >= 0.3 is 0 Å². The maximum Gasteiger partial charge on any atom is 0.0834 e. The highest BCUT2D eigenvalue weighted by atomic mass is 32.2. The fourth-order valence-corrected chi connectivity index (χ4v) is 4.09. The molecule has 1 aliphatic heterocycles. The SMILES string of the molecule is CC1CCC(C(NN)C2CSCCO2)CC1C. The zero-order valence-electron chi connectivity index (χ0n) is 11.0. The van der Waals surface area contributed by atoms with Gasteiger partial charge in [-0.2, -0.15) is 11.8 Å². The summed E-state index contributed by atoms with van der Waals surface area (Å²) in [5.41, 5.74) is 3.04. The largest absolute Gasteiger partial charge is 0.375 e. The lowest BCUT2D eigenvalue weighted by atomic mass is 9.72. The third-order valence-corrected chi connectivity index (χ3v) is 5.60. The van der Waals surface area contributed by atoms with Gasteiger partial charge in [0.25, 0.3) is 0 Å². The summed E-state index contributed by atoms with van der Waals surface area (Å²) in [5, 5.41) is 0. The molecule has 3 N–H and O–H groups in total. The van der Waals surface area contributed by atoms with E-state index in [1.807, 2.05) is 11.8 Å². The van der Waals surface area contributed by atoms with Crippen LogP contribution in [0.15, 0.2) is 0 Å². The topological polar surface area (TPSA) is 47.3 Å². The zero-order chi connectivity index (χ0) is 12.3. The minimum Gasteiger partial charge on any atom is -0.375 e. The number of nitrogens with one attached hydrogen (secondary N) is 1. The van der Waals surface area contributed by atoms with Gasteiger partial charge in [-0.3, -0.25) is 11.3 Å². The standard InChI is InChI=1S/C13H26N2OS/c1-9-3-4-11(7-10(9)2)13(15-14)12-8-17-6-5-16-12/h9-13,15H,3-8,14H2,1-2H3. The molecule has 1 saturated carbocycles. The van der Waals surface area contributed by atoms with Crippen LogP contribution in [0.1, 0.15) is 33.1 Å². The van der Waals surface area contributed by atoms with Crippen molar-refractivity contribution < 1.29 is 4.74 Å². The van der Waals surface area contributed by atoms with Crippen molar-refractivity contribution in [3.8, 4) is 0 Å². The molecule has 100 valence electrons. The summed E-state index contributed by atoms with van der Waals surface area (Å²) in [7, 11) is 0. The van der Waals surface area contributed by atoms with E-state index in [0.29, 0.717) is 18.1 Å². The molecule has 2 rings (SSSR count). The Morgan fingerprint density at radius 3 is 2.71 bits per heavy atom. The molecule has 2 fully saturated rings. The summed E-state index contributed by atoms with van der Waals surface area (Å²) < 4.78 is 5.88. The third-order valence-electron chi connectivity index (χ3n) is 4.58. The third kappa shape index (κ3) is 3.37. The monoisotopic (exact) mass is 258 g/mol. The Balaban J connectivity index is 1.93. The molecule has 1 heterocycles. The Labute approximate surface area is 109 Å². The highest BCUT2D eigenvalue weighted by Crippen LogP contribution is 2.36. The van der Waals surface area contributed by atoms with E-state index >= 15 is 0 Å². The molecule has 0 amide bonds. The van der Waals surface area contributed by atoms with Crippen molar-refractivity contribution in [2.24, 2.45) is 23.6 Å². The normalized spacial score (nSPS) is 41.1. The molecule has 0 aromatic rings. The van der Waals surface area contributed by atoms with E-state index in [2.05, 4.69) is 19.3 Å². The van der Waals surface area contributed by atoms with Crippen LogP contribution in [0.25, 0.3) is 0 Å². The van der Waals surface area contributed by atoms with Gasteiger partial charge in [0.2, 0.25) is 0 Å². The van der Waals surface area contributed by atoms with Crippen molar-refractivity contribution in [1.29, 1.82) is 0 Å². The molecule has 2 aliphatic rings. The molecule has 3 nitrogen and oxygen atoms in total. The van der Waals surface area contributed by atoms with E-state index in [1.54, 1.807) is 0 Å². The summed E-state index contributed by atoms with van der Waals surface area (Å²) in [6.07, 6.45) is 4.24. The van der Waals surface area contributed by atoms with E-state index < -0.39 is 0 Å². The Hall–Kier alpha value is 0.230. The van der Waals surface area contributed by atoms with Crippen molar-refractivity contribution in [3.05, 3.63) is 0 Å². The van der Waals surface area contributed by atoms with Crippen LogP contribution in [0.5, 0.6) is 0 Å². The molecule has 0 aromatic carbocycles. The van der Waals surface area contributed by atoms with Gasteiger partial charge in [-0.15, -0.1) is 0 Å². The molecule has 4 heteroatoms. The molecule has 1 saturated heterocycles. The molecule has 0 radical (unpaired) electrons. The molecular formula is C13H26N2OS. The van der Waals surface area contributed by atoms with Crippen molar-refractivity contribution >= 4 is 11.8 Å². The Morgan fingerprint density at radius 1 is 1.29 bits per heavy atom. The average molecular weight is 258 g/mol. The minimum absolute atomic E-state index is 0.310. The van der Waals surface area contributed by atoms with Gasteiger partial charge < -0.3 is 4.74 Å². The van der Waals surface area contributed by atoms with Crippen LogP contribution in [-0.2, 0) is 4.74 Å². The molecule has 0 aromatic heterocycles. The number of hydrogen-bond acceptors (Lipinski definition) is 4. The predicted molar refractivity (Wildman–Crippen MR) is 73.8 cm³/mol. The quantitative estimate of drug-likeness (QED) is 0.600. The number of thioether (sulfide) groups is 1. The molecule has 1 aliphatic carbocycles. The van der Waals surface area contributed by atoms with E-state index in [9.17, 15) is 0 Å². The van der Waals surface area contributed by atoms with Crippen LogP contribution in [0.3, 0.4) is 0 Å². The lowest BCUT2D eigenvalue weighted by Gasteiger charge is -2.40. The first-order valence-corrected chi connectivity index (χ1v) is 8.03. The average Bonchev–Trinajstić information content (AvgIpc) is 2.36. The predicted octanol–water partition coefficient (Wildman–Crippen LogP) is 2.02. The smallest absolute Gasteiger partial charge is 0.0834 e. The molecular weight excluding hydrogens is 232 g/mol. The minimum atomic E-state index is 0.310. The first-order valence-electron chi connectivity index (χ1n) is 6.88. The van der Waals surface area contributed by atoms with Crippen LogP contribution < -0.4 is 11.3 Å². The van der Waals surface area contributed by atoms with Crippen molar-refractivity contribution in [3.63, 3.8) is 0 Å². The molecule has 17 heavy (non-hydrogen) atoms. The highest BCUT2D eigenvalue weighted by Gasteiger charge is 2.35. The van der Waals surface area contributed by atoms with Crippen LogP contribution in [-0.4, -0.2) is 30.3 Å². The Bertz CT molecular complexity index is 233. The first kappa shape index (κ1) is 13.7. The van der Waals surface area contributed by atoms with E-state index in [1.165, 1.54) is 19.3 Å². The number of hydrazine groups is 1. The maximum atomic E-state index is 5.88. The van der Waals surface area contributed by atoms with Gasteiger partial charge in [-0.1, -0.05) is 20.3 Å². The van der Waals surface area contributed by atoms with Gasteiger partial charge in [-0.05, 0) is 30.6 Å². The lowest BCUT2D eigenvalue weighted by molar-refractivity contribution is 0.0152. The van der Waals surface area contributed by atoms with E-state index in [-0.39, 0.29) is 0 Å².